The van der Waals surface area contributed by atoms with Gasteiger partial charge in [-0.15, -0.1) is 0 Å². The van der Waals surface area contributed by atoms with Crippen LogP contribution in [-0.2, 0) is 24.4 Å². The van der Waals surface area contributed by atoms with Gasteiger partial charge in [0.25, 0.3) is 11.8 Å². The molecule has 286 valence electrons. The van der Waals surface area contributed by atoms with Crippen LogP contribution in [0.5, 0.6) is 5.88 Å². The number of fused-ring (bicyclic) bond motifs is 3. The van der Waals surface area contributed by atoms with Crippen LogP contribution in [-0.4, -0.2) is 81.9 Å². The summed E-state index contributed by atoms with van der Waals surface area (Å²) in [5, 5.41) is 5.50. The van der Waals surface area contributed by atoms with Crippen LogP contribution < -0.4 is 20.1 Å². The number of sulfonamides is 1. The highest BCUT2D eigenvalue weighted by atomic mass is 32.2. The molecule has 4 amide bonds. The van der Waals surface area contributed by atoms with Crippen LogP contribution in [0.1, 0.15) is 80.8 Å². The molecule has 3 aromatic rings. The van der Waals surface area contributed by atoms with Crippen LogP contribution in [0.15, 0.2) is 54.6 Å². The van der Waals surface area contributed by atoms with Gasteiger partial charge >= 0.3 is 0 Å². The fourth-order valence-electron chi connectivity index (χ4n) is 7.20. The predicted molar refractivity (Wildman–Crippen MR) is 192 cm³/mol. The number of halogens is 2. The van der Waals surface area contributed by atoms with Gasteiger partial charge in [-0.2, -0.15) is 0 Å². The number of hydrogen-bond donors (Lipinski definition) is 3. The van der Waals surface area contributed by atoms with Crippen molar-refractivity contribution in [3.05, 3.63) is 77.5 Å². The summed E-state index contributed by atoms with van der Waals surface area (Å²) in [4.78, 5) is 66.1. The number of amides is 4. The molecule has 16 heteroatoms. The third-order valence-electron chi connectivity index (χ3n) is 10.9. The molecule has 2 aliphatic carbocycles. The minimum Gasteiger partial charge on any atom is -0.471 e. The summed E-state index contributed by atoms with van der Waals surface area (Å²) in [5.74, 6) is -4.67. The van der Waals surface area contributed by atoms with Crippen LogP contribution >= 0.6 is 0 Å². The number of carbonyl (C=O) groups excluding carboxylic acids is 4. The molecule has 0 bridgehead atoms. The standard InChI is InChI=1S/C38H42F2N6O7S/c1-22-34(43-30-18-24(39)14-15-28(30)41-22)53-25-19-31-33(48)44-38(36(50)45-54(51,52)37(2)16-17-37)20-23(38)10-6-4-3-5-7-13-29(35(49)46(31)21-25)42-32(47)26-11-8-9-12-27(26)40/h6,8-12,14-15,18,23,25,29,31H,3-5,7,13,16-17,19-21H2,1-2H3,(H,42,47)(H,44,48)(H,45,50)/b10-6-/t23?,25-,29+,31+,38-/m1/s1. The highest BCUT2D eigenvalue weighted by Gasteiger charge is 2.63. The zero-order valence-electron chi connectivity index (χ0n) is 29.9. The second kappa shape index (κ2) is 14.3. The van der Waals surface area contributed by atoms with Crippen LogP contribution in [0.4, 0.5) is 8.78 Å². The molecule has 7 rings (SSSR count). The Kier molecular flexibility index (Phi) is 9.91. The van der Waals surface area contributed by atoms with Gasteiger partial charge in [-0.1, -0.05) is 37.1 Å². The average Bonchev–Trinajstić information content (AvgIpc) is 4.01. The van der Waals surface area contributed by atoms with Crippen molar-refractivity contribution in [1.82, 2.24) is 30.2 Å². The molecule has 1 aromatic heterocycles. The van der Waals surface area contributed by atoms with Gasteiger partial charge in [0.05, 0.1) is 27.9 Å². The van der Waals surface area contributed by atoms with E-state index in [0.29, 0.717) is 43.3 Å². The van der Waals surface area contributed by atoms with E-state index in [2.05, 4.69) is 25.3 Å². The van der Waals surface area contributed by atoms with E-state index >= 15 is 0 Å². The second-order valence-electron chi connectivity index (χ2n) is 15.0. The molecule has 3 heterocycles. The number of carbonyl (C=O) groups is 4. The smallest absolute Gasteiger partial charge is 0.259 e. The summed E-state index contributed by atoms with van der Waals surface area (Å²) in [6.45, 7) is 3.08. The maximum Gasteiger partial charge on any atom is 0.259 e. The van der Waals surface area contributed by atoms with Crippen molar-refractivity contribution in [2.45, 2.75) is 100 Å². The Bertz CT molecular complexity index is 2160. The first-order valence-corrected chi connectivity index (χ1v) is 19.7. The van der Waals surface area contributed by atoms with Crippen LogP contribution in [0.25, 0.3) is 11.0 Å². The number of nitrogens with one attached hydrogen (secondary N) is 3. The molecular weight excluding hydrogens is 723 g/mol. The normalized spacial score (nSPS) is 27.4. The predicted octanol–water partition coefficient (Wildman–Crippen LogP) is 3.76. The van der Waals surface area contributed by atoms with E-state index in [0.717, 1.165) is 12.5 Å². The lowest BCUT2D eigenvalue weighted by molar-refractivity contribution is -0.141. The first-order chi connectivity index (χ1) is 25.7. The Morgan fingerprint density at radius 2 is 1.81 bits per heavy atom. The topological polar surface area (TPSA) is 177 Å². The molecule has 1 unspecified atom stereocenters. The molecule has 3 N–H and O–H groups in total. The molecule has 54 heavy (non-hydrogen) atoms. The summed E-state index contributed by atoms with van der Waals surface area (Å²) >= 11 is 0. The lowest BCUT2D eigenvalue weighted by atomic mass is 10.0. The van der Waals surface area contributed by atoms with Crippen molar-refractivity contribution in [3.8, 4) is 5.88 Å². The van der Waals surface area contributed by atoms with Crippen molar-refractivity contribution < 1.29 is 41.1 Å². The van der Waals surface area contributed by atoms with E-state index in [-0.39, 0.29) is 42.8 Å². The fourth-order valence-corrected chi connectivity index (χ4v) is 8.51. The lowest BCUT2D eigenvalue weighted by Crippen LogP contribution is -2.58. The van der Waals surface area contributed by atoms with Crippen molar-refractivity contribution in [2.24, 2.45) is 5.92 Å². The Hall–Kier alpha value is -4.99. The number of benzene rings is 2. The number of rotatable bonds is 7. The van der Waals surface area contributed by atoms with Crippen molar-refractivity contribution in [1.29, 1.82) is 0 Å². The zero-order chi connectivity index (χ0) is 38.4. The summed E-state index contributed by atoms with van der Waals surface area (Å²) in [6, 6.07) is 6.99. The molecule has 13 nitrogen and oxygen atoms in total. The van der Waals surface area contributed by atoms with Gasteiger partial charge in [0.1, 0.15) is 41.1 Å². The van der Waals surface area contributed by atoms with Crippen LogP contribution in [0.2, 0.25) is 0 Å². The van der Waals surface area contributed by atoms with E-state index in [1.54, 1.807) is 13.8 Å². The van der Waals surface area contributed by atoms with Crippen molar-refractivity contribution in [3.63, 3.8) is 0 Å². The van der Waals surface area contributed by atoms with Gasteiger partial charge in [0.15, 0.2) is 0 Å². The van der Waals surface area contributed by atoms with Crippen molar-refractivity contribution in [2.75, 3.05) is 6.54 Å². The van der Waals surface area contributed by atoms with E-state index in [1.807, 2.05) is 12.2 Å². The maximum atomic E-state index is 14.6. The summed E-state index contributed by atoms with van der Waals surface area (Å²) in [5.41, 5.74) is -0.754. The Morgan fingerprint density at radius 3 is 2.57 bits per heavy atom. The minimum atomic E-state index is -4.03. The first kappa shape index (κ1) is 37.3. The third kappa shape index (κ3) is 7.39. The van der Waals surface area contributed by atoms with Crippen LogP contribution in [0.3, 0.4) is 0 Å². The summed E-state index contributed by atoms with van der Waals surface area (Å²) in [7, 11) is -4.03. The Balaban J connectivity index is 1.20. The molecule has 4 aliphatic rings. The number of aryl methyl sites for hydroxylation is 1. The van der Waals surface area contributed by atoms with Gasteiger partial charge in [-0.3, -0.25) is 23.9 Å². The summed E-state index contributed by atoms with van der Waals surface area (Å²) < 4.78 is 62.3. The van der Waals surface area contributed by atoms with E-state index in [9.17, 15) is 36.4 Å². The molecular formula is C38H42F2N6O7S. The molecule has 2 aromatic carbocycles. The van der Waals surface area contributed by atoms with Gasteiger partial charge in [0.2, 0.25) is 27.7 Å². The zero-order valence-corrected chi connectivity index (χ0v) is 30.8. The maximum absolute atomic E-state index is 14.6. The molecule has 2 saturated carbocycles. The monoisotopic (exact) mass is 764 g/mol. The number of nitrogens with zero attached hydrogens (tertiary/aromatic N) is 3. The lowest BCUT2D eigenvalue weighted by Gasteiger charge is -2.30. The second-order valence-corrected chi connectivity index (χ2v) is 17.2. The molecule has 0 radical (unpaired) electrons. The Labute approximate surface area is 311 Å². The highest BCUT2D eigenvalue weighted by molar-refractivity contribution is 7.91. The SMILES string of the molecule is Cc1nc2ccc(F)cc2nc1O[C@@H]1C[C@H]2C(=O)N[C@]3(C(=O)NS(=O)(=O)C4(C)CC4)CC3/C=C\CCCCC[C@H](NC(=O)c3ccccc3F)C(=O)N2C1. The van der Waals surface area contributed by atoms with Gasteiger partial charge in [-0.25, -0.2) is 27.2 Å². The number of allylic oxidation sites excluding steroid dienone is 1. The largest absolute Gasteiger partial charge is 0.471 e. The number of ether oxygens (including phenoxy) is 1. The molecule has 5 atom stereocenters. The quantitative estimate of drug-likeness (QED) is 0.303. The van der Waals surface area contributed by atoms with E-state index in [4.69, 9.17) is 4.74 Å². The Morgan fingerprint density at radius 1 is 1.04 bits per heavy atom. The third-order valence-corrected chi connectivity index (χ3v) is 13.1. The number of hydrogen-bond acceptors (Lipinski definition) is 9. The van der Waals surface area contributed by atoms with Crippen molar-refractivity contribution >= 4 is 44.7 Å². The van der Waals surface area contributed by atoms with Gasteiger partial charge in [-0.05, 0) is 76.6 Å². The summed E-state index contributed by atoms with van der Waals surface area (Å²) in [6.07, 6.45) is 6.55. The highest BCUT2D eigenvalue weighted by Crippen LogP contribution is 2.47. The van der Waals surface area contributed by atoms with E-state index in [1.165, 1.54) is 41.3 Å². The molecule has 1 saturated heterocycles. The van der Waals surface area contributed by atoms with E-state index < -0.39 is 79.7 Å². The minimum absolute atomic E-state index is 0.0670. The van der Waals surface area contributed by atoms with Gasteiger partial charge in [0, 0.05) is 18.4 Å². The van der Waals surface area contributed by atoms with Gasteiger partial charge < -0.3 is 20.3 Å². The molecule has 2 aliphatic heterocycles. The number of aromatic nitrogens is 2. The average molecular weight is 765 g/mol. The molecule has 0 spiro atoms. The van der Waals surface area contributed by atoms with Crippen LogP contribution in [0, 0.1) is 24.5 Å². The fraction of sp³-hybridized carbons (Fsp3) is 0.474. The molecule has 3 fully saturated rings. The first-order valence-electron chi connectivity index (χ1n) is 18.2.